The van der Waals surface area contributed by atoms with E-state index in [1.807, 2.05) is 22.7 Å². The van der Waals surface area contributed by atoms with Crippen LogP contribution < -0.4 is 0 Å². The molecule has 2 aromatic heterocycles. The smallest absolute Gasteiger partial charge is 0.0854 e. The van der Waals surface area contributed by atoms with Crippen LogP contribution in [0.1, 0.15) is 95.6 Å². The lowest BCUT2D eigenvalue weighted by molar-refractivity contribution is 0.273. The van der Waals surface area contributed by atoms with Crippen LogP contribution in [0.4, 0.5) is 0 Å². The molecule has 2 nitrogen and oxygen atoms in total. The zero-order valence-corrected chi connectivity index (χ0v) is 39.9. The van der Waals surface area contributed by atoms with Crippen molar-refractivity contribution in [3.63, 3.8) is 0 Å². The van der Waals surface area contributed by atoms with Crippen molar-refractivity contribution >= 4 is 65.3 Å². The number of benzene rings is 5. The fourth-order valence-corrected chi connectivity index (χ4v) is 14.4. The van der Waals surface area contributed by atoms with Crippen LogP contribution in [0.5, 0.6) is 0 Å². The number of hydrogen-bond donors (Lipinski definition) is 0. The predicted molar refractivity (Wildman–Crippen MR) is 283 cm³/mol. The number of likely N-dealkylation sites (N-methyl/N-ethyl adjacent to an activating group) is 1. The van der Waals surface area contributed by atoms with Gasteiger partial charge in [0, 0.05) is 59.4 Å². The van der Waals surface area contributed by atoms with Gasteiger partial charge in [0.15, 0.2) is 0 Å². The second-order valence-corrected chi connectivity index (χ2v) is 21.4. The molecular weight excluding hydrogens is 837 g/mol. The maximum atomic E-state index is 5.61. The van der Waals surface area contributed by atoms with Gasteiger partial charge in [-0.1, -0.05) is 166 Å². The Morgan fingerprint density at radius 3 is 2.23 bits per heavy atom. The van der Waals surface area contributed by atoms with Gasteiger partial charge in [0.05, 0.1) is 17.5 Å². The first-order chi connectivity index (χ1) is 32.3. The van der Waals surface area contributed by atoms with Crippen LogP contribution in [0, 0.1) is 11.8 Å². The monoisotopic (exact) mass is 890 g/mol. The van der Waals surface area contributed by atoms with E-state index in [-0.39, 0.29) is 11.5 Å². The summed E-state index contributed by atoms with van der Waals surface area (Å²) in [7, 11) is 2.36. The van der Waals surface area contributed by atoms with Gasteiger partial charge in [-0.2, -0.15) is 0 Å². The van der Waals surface area contributed by atoms with Gasteiger partial charge in [0.1, 0.15) is 0 Å². The zero-order valence-electron chi connectivity index (χ0n) is 38.2. The molecule has 0 saturated carbocycles. The summed E-state index contributed by atoms with van der Waals surface area (Å²) in [5.41, 5.74) is 18.3. The van der Waals surface area contributed by atoms with Crippen LogP contribution in [-0.2, 0) is 11.8 Å². The average molecular weight is 891 g/mol. The summed E-state index contributed by atoms with van der Waals surface area (Å²) in [6.07, 6.45) is 21.9. The second kappa shape index (κ2) is 16.5. The normalized spacial score (nSPS) is 25.2. The third-order valence-electron chi connectivity index (χ3n) is 14.9. The van der Waals surface area contributed by atoms with Gasteiger partial charge in [-0.05, 0) is 125 Å². The van der Waals surface area contributed by atoms with Crippen molar-refractivity contribution in [3.05, 3.63) is 242 Å². The highest BCUT2D eigenvalue weighted by Crippen LogP contribution is 2.57. The Balaban J connectivity index is 0.916. The summed E-state index contributed by atoms with van der Waals surface area (Å²) in [6.45, 7) is 7.27. The molecule has 0 N–H and O–H groups in total. The lowest BCUT2D eigenvalue weighted by Crippen LogP contribution is -2.41. The number of thiophene rings is 2. The number of hydrogen-bond acceptors (Lipinski definition) is 4. The maximum Gasteiger partial charge on any atom is 0.0854 e. The number of nitrogens with zero attached hydrogens (tertiary/aromatic N) is 2. The van der Waals surface area contributed by atoms with E-state index in [2.05, 4.69) is 209 Å². The zero-order chi connectivity index (χ0) is 44.5. The largest absolute Gasteiger partial charge is 0.365 e. The third-order valence-corrected chi connectivity index (χ3v) is 17.4. The summed E-state index contributed by atoms with van der Waals surface area (Å²) < 4.78 is 2.75. The van der Waals surface area contributed by atoms with Crippen LogP contribution in [0.2, 0.25) is 0 Å². The van der Waals surface area contributed by atoms with Gasteiger partial charge in [-0.15, -0.1) is 22.7 Å². The van der Waals surface area contributed by atoms with Gasteiger partial charge in [0.2, 0.25) is 0 Å². The van der Waals surface area contributed by atoms with Crippen LogP contribution in [-0.4, -0.2) is 17.7 Å². The Bertz CT molecular complexity index is 3340. The van der Waals surface area contributed by atoms with Crippen molar-refractivity contribution in [3.8, 4) is 0 Å². The second-order valence-electron chi connectivity index (χ2n) is 19.3. The molecule has 0 fully saturated rings. The number of fused-ring (bicyclic) bond motifs is 7. The molecule has 2 aliphatic heterocycles. The summed E-state index contributed by atoms with van der Waals surface area (Å²) in [4.78, 5) is 11.2. The molecule has 5 aliphatic rings. The highest BCUT2D eigenvalue weighted by molar-refractivity contribution is 7.20. The van der Waals surface area contributed by atoms with Crippen LogP contribution in [0.25, 0.3) is 36.9 Å². The van der Waals surface area contributed by atoms with Crippen LogP contribution in [0.15, 0.2) is 204 Å². The van der Waals surface area contributed by atoms with Gasteiger partial charge in [-0.25, -0.2) is 4.99 Å². The summed E-state index contributed by atoms with van der Waals surface area (Å²) in [6, 6.07) is 49.4. The molecule has 3 aliphatic carbocycles. The number of allylic oxidation sites excluding steroid dienone is 11. The number of aliphatic imine (C=N–C) groups is 1. The predicted octanol–water partition coefficient (Wildman–Crippen LogP) is 16.5. The van der Waals surface area contributed by atoms with Crippen molar-refractivity contribution in [2.45, 2.75) is 64.3 Å². The summed E-state index contributed by atoms with van der Waals surface area (Å²) >= 11 is 3.93. The van der Waals surface area contributed by atoms with E-state index >= 15 is 0 Å². The molecule has 0 bridgehead atoms. The lowest BCUT2D eigenvalue weighted by atomic mass is 9.68. The SMILES string of the molecule is CC1C=C(c2cccc(/C3=C/C(c4ccccc4)=N\C(C4=CC=C(C5c6sc7ccccc7c6C6=C(N5C)C(C)(c5ccccc5)CC=C6)C(C)C4)=C/CC3)c2)c2sc3ccccc3c2C1. The standard InChI is InChI=1S/C62H54N2S2/c1-39-34-51(59-52(35-39)48-25-11-13-29-55(48)65-59)44-22-15-20-42(37-44)43-21-16-28-53(63-54(38-43)41-18-7-5-8-19-41)45-31-32-47(40(2)36-45)58-60-57(49-26-12-14-30-56(49)66-60)50-27-17-33-62(3,61(50)64(58)4)46-23-9-6-10-24-46/h5-15,17-20,22-32,34,37-40,58H,16,21,33,35-36H2,1-4H3/b43-38+,53-28-,63-54+. The molecule has 4 atom stereocenters. The summed E-state index contributed by atoms with van der Waals surface area (Å²) in [5.74, 6) is 0.818. The van der Waals surface area contributed by atoms with Crippen LogP contribution in [0.3, 0.4) is 0 Å². The Morgan fingerprint density at radius 2 is 1.42 bits per heavy atom. The fraction of sp³-hybridized carbons (Fsp3) is 0.210. The lowest BCUT2D eigenvalue weighted by Gasteiger charge is -2.48. The minimum Gasteiger partial charge on any atom is -0.365 e. The molecule has 4 unspecified atom stereocenters. The van der Waals surface area contributed by atoms with E-state index in [9.17, 15) is 0 Å². The highest BCUT2D eigenvalue weighted by atomic mass is 32.1. The molecule has 0 spiro atoms. The molecule has 7 aromatic rings. The number of rotatable bonds is 6. The van der Waals surface area contributed by atoms with E-state index in [0.717, 1.165) is 49.1 Å². The van der Waals surface area contributed by atoms with E-state index in [0.29, 0.717) is 11.8 Å². The van der Waals surface area contributed by atoms with Gasteiger partial charge in [0.25, 0.3) is 0 Å². The molecule has 4 heterocycles. The molecular formula is C62H54N2S2. The van der Waals surface area contributed by atoms with Gasteiger partial charge >= 0.3 is 0 Å². The first-order valence-corrected chi connectivity index (χ1v) is 25.5. The van der Waals surface area contributed by atoms with Crippen molar-refractivity contribution in [2.24, 2.45) is 16.8 Å². The Hall–Kier alpha value is -6.33. The van der Waals surface area contributed by atoms with Crippen molar-refractivity contribution < 1.29 is 0 Å². The van der Waals surface area contributed by atoms with E-state index in [1.54, 1.807) is 0 Å². The van der Waals surface area contributed by atoms with Crippen molar-refractivity contribution in [1.29, 1.82) is 0 Å². The molecule has 0 amide bonds. The Kier molecular flexibility index (Phi) is 10.3. The Morgan fingerprint density at radius 1 is 0.712 bits per heavy atom. The van der Waals surface area contributed by atoms with Crippen molar-refractivity contribution in [1.82, 2.24) is 4.90 Å². The van der Waals surface area contributed by atoms with E-state index in [1.165, 1.54) is 91.3 Å². The minimum atomic E-state index is -0.146. The molecule has 0 radical (unpaired) electrons. The minimum absolute atomic E-state index is 0.146. The molecule has 66 heavy (non-hydrogen) atoms. The first-order valence-electron chi connectivity index (χ1n) is 23.8. The van der Waals surface area contributed by atoms with E-state index < -0.39 is 0 Å². The maximum absolute atomic E-state index is 5.61. The molecule has 324 valence electrons. The molecule has 5 aromatic carbocycles. The molecule has 4 heteroatoms. The first kappa shape index (κ1) is 41.1. The fourth-order valence-electron chi connectivity index (χ4n) is 11.7. The topological polar surface area (TPSA) is 15.6 Å². The average Bonchev–Trinajstić information content (AvgIpc) is 3.91. The van der Waals surface area contributed by atoms with Gasteiger partial charge in [-0.3, -0.25) is 0 Å². The van der Waals surface area contributed by atoms with E-state index in [4.69, 9.17) is 4.99 Å². The highest BCUT2D eigenvalue weighted by Gasteiger charge is 2.45. The summed E-state index contributed by atoms with van der Waals surface area (Å²) in [5, 5.41) is 2.79. The molecule has 12 rings (SSSR count). The Labute approximate surface area is 397 Å². The molecule has 0 saturated heterocycles. The van der Waals surface area contributed by atoms with Crippen LogP contribution >= 0.6 is 22.7 Å². The van der Waals surface area contributed by atoms with Gasteiger partial charge < -0.3 is 4.90 Å². The third kappa shape index (κ3) is 6.91. The quantitative estimate of drug-likeness (QED) is 0.162. The van der Waals surface area contributed by atoms with Crippen molar-refractivity contribution in [2.75, 3.05) is 7.05 Å².